The van der Waals surface area contributed by atoms with Crippen LogP contribution in [0, 0.1) is 12.7 Å². The monoisotopic (exact) mass is 263 g/mol. The molecule has 0 atom stereocenters. The molecule has 0 unspecified atom stereocenters. The van der Waals surface area contributed by atoms with Gasteiger partial charge in [0.2, 0.25) is 0 Å². The first-order valence-corrected chi connectivity index (χ1v) is 6.26. The maximum atomic E-state index is 13.1. The fraction of sp³-hybridized carbons (Fsp3) is 0.357. The van der Waals surface area contributed by atoms with Gasteiger partial charge in [-0.2, -0.15) is 5.10 Å². The number of hydrogen-bond acceptors (Lipinski definition) is 3. The number of nitrogens with zero attached hydrogens (tertiary/aromatic N) is 2. The molecule has 0 aliphatic heterocycles. The van der Waals surface area contributed by atoms with Crippen molar-refractivity contribution in [1.82, 2.24) is 9.78 Å². The molecule has 0 aliphatic carbocycles. The van der Waals surface area contributed by atoms with Crippen LogP contribution in [0.1, 0.15) is 18.2 Å². The van der Waals surface area contributed by atoms with Crippen molar-refractivity contribution < 1.29 is 9.13 Å². The largest absolute Gasteiger partial charge is 0.489 e. The van der Waals surface area contributed by atoms with Gasteiger partial charge in [0.15, 0.2) is 0 Å². The van der Waals surface area contributed by atoms with Crippen molar-refractivity contribution >= 4 is 5.82 Å². The fourth-order valence-electron chi connectivity index (χ4n) is 1.98. The number of aryl methyl sites for hydroxylation is 2. The lowest BCUT2D eigenvalue weighted by molar-refractivity contribution is 0.304. The van der Waals surface area contributed by atoms with Gasteiger partial charge in [0, 0.05) is 19.7 Å². The van der Waals surface area contributed by atoms with Gasteiger partial charge in [0.1, 0.15) is 24.0 Å². The maximum absolute atomic E-state index is 13.1. The summed E-state index contributed by atoms with van der Waals surface area (Å²) in [6.45, 7) is 5.14. The van der Waals surface area contributed by atoms with Gasteiger partial charge < -0.3 is 10.1 Å². The van der Waals surface area contributed by atoms with Crippen LogP contribution in [0.25, 0.3) is 0 Å². The third-order valence-electron chi connectivity index (χ3n) is 2.87. The molecule has 0 radical (unpaired) electrons. The van der Waals surface area contributed by atoms with E-state index in [4.69, 9.17) is 4.74 Å². The smallest absolute Gasteiger partial charge is 0.130 e. The van der Waals surface area contributed by atoms with Gasteiger partial charge in [-0.25, -0.2) is 4.39 Å². The topological polar surface area (TPSA) is 39.1 Å². The Balaban J connectivity index is 2.15. The fourth-order valence-corrected chi connectivity index (χ4v) is 1.98. The summed E-state index contributed by atoms with van der Waals surface area (Å²) in [5, 5.41) is 7.62. The van der Waals surface area contributed by atoms with Gasteiger partial charge in [0.25, 0.3) is 0 Å². The van der Waals surface area contributed by atoms with Gasteiger partial charge >= 0.3 is 0 Å². The van der Waals surface area contributed by atoms with E-state index in [0.717, 1.165) is 23.6 Å². The molecule has 19 heavy (non-hydrogen) atoms. The summed E-state index contributed by atoms with van der Waals surface area (Å²) >= 11 is 0. The molecule has 0 saturated carbocycles. The molecule has 1 aromatic carbocycles. The van der Waals surface area contributed by atoms with E-state index in [1.54, 1.807) is 16.8 Å². The van der Waals surface area contributed by atoms with Crippen LogP contribution in [0.3, 0.4) is 0 Å². The summed E-state index contributed by atoms with van der Waals surface area (Å²) < 4.78 is 20.5. The minimum absolute atomic E-state index is 0.299. The van der Waals surface area contributed by atoms with Crippen LogP contribution in [-0.4, -0.2) is 16.3 Å². The quantitative estimate of drug-likeness (QED) is 0.901. The zero-order valence-electron chi connectivity index (χ0n) is 11.4. The second-order valence-corrected chi connectivity index (χ2v) is 4.31. The number of ether oxygens (including phenoxy) is 1. The summed E-state index contributed by atoms with van der Waals surface area (Å²) in [6.07, 6.45) is 0. The third kappa shape index (κ3) is 3.05. The Labute approximate surface area is 112 Å². The first-order valence-electron chi connectivity index (χ1n) is 6.26. The molecule has 1 N–H and O–H groups in total. The average molecular weight is 263 g/mol. The van der Waals surface area contributed by atoms with Gasteiger partial charge in [-0.05, 0) is 26.0 Å². The van der Waals surface area contributed by atoms with Crippen LogP contribution >= 0.6 is 0 Å². The van der Waals surface area contributed by atoms with Gasteiger partial charge in [-0.1, -0.05) is 6.07 Å². The molecule has 0 saturated heterocycles. The number of nitrogens with one attached hydrogen (secondary N) is 1. The highest BCUT2D eigenvalue weighted by Crippen LogP contribution is 2.21. The van der Waals surface area contributed by atoms with E-state index in [1.807, 2.05) is 20.9 Å². The van der Waals surface area contributed by atoms with E-state index in [0.29, 0.717) is 12.4 Å². The van der Waals surface area contributed by atoms with Crippen LogP contribution in [0.2, 0.25) is 0 Å². The molecule has 102 valence electrons. The summed E-state index contributed by atoms with van der Waals surface area (Å²) in [5.41, 5.74) is 1.91. The van der Waals surface area contributed by atoms with E-state index < -0.39 is 0 Å². The van der Waals surface area contributed by atoms with Crippen LogP contribution in [-0.2, 0) is 13.7 Å². The highest BCUT2D eigenvalue weighted by molar-refractivity contribution is 5.47. The molecule has 0 amide bonds. The molecule has 0 fully saturated rings. The molecule has 1 heterocycles. The standard InChI is InChI=1S/C14H18FN3O/c1-4-16-14-13(10(2)17-18(14)3)9-19-12-7-5-6-11(15)8-12/h5-8,16H,4,9H2,1-3H3. The molecule has 0 bridgehead atoms. The molecular weight excluding hydrogens is 245 g/mol. The van der Waals surface area contributed by atoms with Crippen molar-refractivity contribution in [3.63, 3.8) is 0 Å². The van der Waals surface area contributed by atoms with Crippen molar-refractivity contribution in [3.8, 4) is 5.75 Å². The minimum atomic E-state index is -0.299. The molecule has 1 aromatic heterocycles. The first-order chi connectivity index (χ1) is 9.11. The number of hydrogen-bond donors (Lipinski definition) is 1. The lowest BCUT2D eigenvalue weighted by atomic mass is 10.2. The second-order valence-electron chi connectivity index (χ2n) is 4.31. The summed E-state index contributed by atoms with van der Waals surface area (Å²) in [5.74, 6) is 1.16. The second kappa shape index (κ2) is 5.73. The molecule has 5 heteroatoms. The predicted molar refractivity (Wildman–Crippen MR) is 72.8 cm³/mol. The number of anilines is 1. The van der Waals surface area contributed by atoms with Crippen LogP contribution in [0.4, 0.5) is 10.2 Å². The maximum Gasteiger partial charge on any atom is 0.130 e. The zero-order chi connectivity index (χ0) is 13.8. The minimum Gasteiger partial charge on any atom is -0.489 e. The van der Waals surface area contributed by atoms with Gasteiger partial charge in [-0.15, -0.1) is 0 Å². The zero-order valence-corrected chi connectivity index (χ0v) is 11.4. The van der Waals surface area contributed by atoms with E-state index in [2.05, 4.69) is 10.4 Å². The Hall–Kier alpha value is -2.04. The van der Waals surface area contributed by atoms with Crippen molar-refractivity contribution in [2.75, 3.05) is 11.9 Å². The molecule has 2 rings (SSSR count). The summed E-state index contributed by atoms with van der Waals surface area (Å²) in [7, 11) is 1.89. The van der Waals surface area contributed by atoms with Crippen LogP contribution < -0.4 is 10.1 Å². The average Bonchev–Trinajstić information content (AvgIpc) is 2.63. The molecule has 4 nitrogen and oxygen atoms in total. The van der Waals surface area contributed by atoms with Crippen molar-refractivity contribution in [2.24, 2.45) is 7.05 Å². The van der Waals surface area contributed by atoms with Crippen molar-refractivity contribution in [3.05, 3.63) is 41.3 Å². The van der Waals surface area contributed by atoms with Crippen LogP contribution in [0.15, 0.2) is 24.3 Å². The SMILES string of the molecule is CCNc1c(COc2cccc(F)c2)c(C)nn1C. The summed E-state index contributed by atoms with van der Waals surface area (Å²) in [4.78, 5) is 0. The highest BCUT2D eigenvalue weighted by Gasteiger charge is 2.13. The predicted octanol–water partition coefficient (Wildman–Crippen LogP) is 2.88. The lowest BCUT2D eigenvalue weighted by Crippen LogP contribution is -2.07. The number of aromatic nitrogens is 2. The number of rotatable bonds is 5. The van der Waals surface area contributed by atoms with Crippen molar-refractivity contribution in [1.29, 1.82) is 0 Å². The molecule has 0 aliphatic rings. The van der Waals surface area contributed by atoms with E-state index in [1.165, 1.54) is 12.1 Å². The van der Waals surface area contributed by atoms with E-state index in [-0.39, 0.29) is 5.82 Å². The molecule has 0 spiro atoms. The number of halogens is 1. The highest BCUT2D eigenvalue weighted by atomic mass is 19.1. The Kier molecular flexibility index (Phi) is 4.04. The lowest BCUT2D eigenvalue weighted by Gasteiger charge is -2.09. The first kappa shape index (κ1) is 13.4. The van der Waals surface area contributed by atoms with E-state index >= 15 is 0 Å². The Morgan fingerprint density at radius 3 is 2.89 bits per heavy atom. The summed E-state index contributed by atoms with van der Waals surface area (Å²) in [6, 6.07) is 6.14. The molecular formula is C14H18FN3O. The van der Waals surface area contributed by atoms with Gasteiger partial charge in [0.05, 0.1) is 11.3 Å². The normalized spacial score (nSPS) is 10.5. The van der Waals surface area contributed by atoms with Crippen molar-refractivity contribution in [2.45, 2.75) is 20.5 Å². The van der Waals surface area contributed by atoms with E-state index in [9.17, 15) is 4.39 Å². The number of benzene rings is 1. The Morgan fingerprint density at radius 1 is 1.42 bits per heavy atom. The Bertz CT molecular complexity index is 566. The van der Waals surface area contributed by atoms with Gasteiger partial charge in [-0.3, -0.25) is 4.68 Å². The molecule has 2 aromatic rings. The van der Waals surface area contributed by atoms with Crippen LogP contribution in [0.5, 0.6) is 5.75 Å². The third-order valence-corrected chi connectivity index (χ3v) is 2.87. The Morgan fingerprint density at radius 2 is 2.21 bits per heavy atom.